The minimum atomic E-state index is -1.09. The fourth-order valence-electron chi connectivity index (χ4n) is 5.32. The van der Waals surface area contributed by atoms with E-state index in [1.54, 1.807) is 19.9 Å². The lowest BCUT2D eigenvalue weighted by Crippen LogP contribution is -2.11. The number of nitrogens with one attached hydrogen (secondary N) is 2. The van der Waals surface area contributed by atoms with E-state index in [1.807, 2.05) is 91.0 Å². The van der Waals surface area contributed by atoms with E-state index in [4.69, 9.17) is 39.0 Å². The van der Waals surface area contributed by atoms with Gasteiger partial charge in [-0.25, -0.2) is 34.1 Å². The highest BCUT2D eigenvalue weighted by Crippen LogP contribution is 2.25. The molecule has 362 valence electrons. The van der Waals surface area contributed by atoms with E-state index >= 15 is 0 Å². The number of carbonyl (C=O) groups excluding carboxylic acids is 4. The van der Waals surface area contributed by atoms with Gasteiger partial charge in [-0.1, -0.05) is 140 Å². The Kier molecular flexibility index (Phi) is 18.2. The van der Waals surface area contributed by atoms with E-state index in [9.17, 15) is 28.8 Å². The van der Waals surface area contributed by atoms with Gasteiger partial charge in [0.25, 0.3) is 11.8 Å². The summed E-state index contributed by atoms with van der Waals surface area (Å²) in [6, 6.07) is 32.2. The molecular weight excluding hydrogens is 983 g/mol. The number of ether oxygens (including phenoxy) is 2. The SMILES string of the molecule is CCOC(=O)c1cnc(N)s1.CCOC(=O)c1cnc(NC(=O)c2cc(-c3ccccc3)on2)s1.O=C(Nc1ncc(C(=O)O)s1)c1cc(-c2ccccc2)on1.O=C(O)c1cc(-c2ccccc2)on1. The molecule has 0 aliphatic carbocycles. The highest BCUT2D eigenvalue weighted by Gasteiger charge is 2.19. The molecule has 0 unspecified atom stereocenters. The van der Waals surface area contributed by atoms with Crippen LogP contribution in [0.5, 0.6) is 0 Å². The monoisotopic (exact) mass is 1020 g/mol. The summed E-state index contributed by atoms with van der Waals surface area (Å²) in [7, 11) is 0. The number of carboxylic acids is 2. The van der Waals surface area contributed by atoms with Gasteiger partial charge in [-0.05, 0) is 13.8 Å². The lowest BCUT2D eigenvalue weighted by Gasteiger charge is -1.97. The van der Waals surface area contributed by atoms with Gasteiger partial charge in [-0.3, -0.25) is 20.2 Å². The van der Waals surface area contributed by atoms with Gasteiger partial charge in [-0.2, -0.15) is 0 Å². The summed E-state index contributed by atoms with van der Waals surface area (Å²) in [5.74, 6) is -2.57. The molecule has 6 heterocycles. The van der Waals surface area contributed by atoms with Gasteiger partial charge in [0, 0.05) is 34.9 Å². The maximum Gasteiger partial charge on any atom is 0.358 e. The molecule has 9 aromatic rings. The Morgan fingerprint density at radius 1 is 0.521 bits per heavy atom. The molecule has 0 aliphatic rings. The van der Waals surface area contributed by atoms with Crippen molar-refractivity contribution < 1.29 is 62.0 Å². The maximum atomic E-state index is 12.2. The normalized spacial score (nSPS) is 10.2. The number of benzene rings is 3. The van der Waals surface area contributed by atoms with Gasteiger partial charge in [0.2, 0.25) is 0 Å². The third-order valence-electron chi connectivity index (χ3n) is 8.53. The molecule has 0 spiro atoms. The van der Waals surface area contributed by atoms with E-state index in [-0.39, 0.29) is 44.8 Å². The van der Waals surface area contributed by atoms with Crippen molar-refractivity contribution in [2.45, 2.75) is 13.8 Å². The van der Waals surface area contributed by atoms with Gasteiger partial charge in [-0.15, -0.1) is 0 Å². The smallest absolute Gasteiger partial charge is 0.358 e. The van der Waals surface area contributed by atoms with Crippen LogP contribution in [0.3, 0.4) is 0 Å². The second kappa shape index (κ2) is 25.2. The molecule has 25 heteroatoms. The summed E-state index contributed by atoms with van der Waals surface area (Å²) < 4.78 is 24.8. The summed E-state index contributed by atoms with van der Waals surface area (Å²) in [5, 5.41) is 34.2. The summed E-state index contributed by atoms with van der Waals surface area (Å²) >= 11 is 3.03. The van der Waals surface area contributed by atoms with Crippen molar-refractivity contribution in [1.29, 1.82) is 0 Å². The Labute approximate surface area is 412 Å². The molecule has 0 aliphatic heterocycles. The summed E-state index contributed by atoms with van der Waals surface area (Å²) in [5.41, 5.74) is 7.88. The lowest BCUT2D eigenvalue weighted by molar-refractivity contribution is 0.0522. The second-order valence-electron chi connectivity index (χ2n) is 13.4. The highest BCUT2D eigenvalue weighted by molar-refractivity contribution is 7.18. The van der Waals surface area contributed by atoms with E-state index < -0.39 is 29.7 Å². The fourth-order valence-corrected chi connectivity index (χ4v) is 7.26. The quantitative estimate of drug-likeness (QED) is 0.0673. The van der Waals surface area contributed by atoms with Crippen LogP contribution in [0, 0.1) is 0 Å². The van der Waals surface area contributed by atoms with Crippen LogP contribution < -0.4 is 16.4 Å². The number of hydrogen-bond acceptors (Lipinski definition) is 21. The first-order valence-electron chi connectivity index (χ1n) is 20.4. The number of esters is 2. The molecule has 0 saturated carbocycles. The van der Waals surface area contributed by atoms with Crippen molar-refractivity contribution in [3.05, 3.63) is 159 Å². The molecule has 0 atom stereocenters. The number of anilines is 3. The Morgan fingerprint density at radius 3 is 1.24 bits per heavy atom. The molecule has 6 N–H and O–H groups in total. The molecular formula is C46H37N9O13S3. The van der Waals surface area contributed by atoms with Crippen LogP contribution in [-0.2, 0) is 9.47 Å². The summed E-state index contributed by atoms with van der Waals surface area (Å²) in [6.45, 7) is 4.12. The van der Waals surface area contributed by atoms with Crippen molar-refractivity contribution in [3.8, 4) is 34.0 Å². The number of aromatic nitrogens is 6. The maximum absolute atomic E-state index is 12.2. The molecule has 0 radical (unpaired) electrons. The minimum Gasteiger partial charge on any atom is -0.477 e. The number of carbonyl (C=O) groups is 6. The van der Waals surface area contributed by atoms with Gasteiger partial charge in [0.05, 0.1) is 31.8 Å². The van der Waals surface area contributed by atoms with E-state index in [2.05, 4.69) is 41.1 Å². The third-order valence-corrected chi connectivity index (χ3v) is 11.1. The Morgan fingerprint density at radius 2 is 0.887 bits per heavy atom. The summed E-state index contributed by atoms with van der Waals surface area (Å²) in [6.07, 6.45) is 3.95. The largest absolute Gasteiger partial charge is 0.477 e. The zero-order valence-electron chi connectivity index (χ0n) is 36.9. The highest BCUT2D eigenvalue weighted by atomic mass is 32.1. The third kappa shape index (κ3) is 14.9. The van der Waals surface area contributed by atoms with Crippen molar-refractivity contribution in [1.82, 2.24) is 30.4 Å². The Balaban J connectivity index is 0.000000162. The second-order valence-corrected chi connectivity index (χ2v) is 16.5. The Hall–Kier alpha value is -9.20. The first kappa shape index (κ1) is 51.2. The average Bonchev–Trinajstić information content (AvgIpc) is 4.25. The molecule has 0 saturated heterocycles. The molecule has 0 fully saturated rings. The van der Waals surface area contributed by atoms with Crippen LogP contribution in [-0.4, -0.2) is 89.5 Å². The van der Waals surface area contributed by atoms with Crippen LogP contribution in [0.2, 0.25) is 0 Å². The van der Waals surface area contributed by atoms with Crippen molar-refractivity contribution >= 4 is 85.1 Å². The van der Waals surface area contributed by atoms with Gasteiger partial charge in [0.1, 0.15) is 14.6 Å². The van der Waals surface area contributed by atoms with Crippen molar-refractivity contribution in [2.24, 2.45) is 0 Å². The number of amides is 2. The predicted molar refractivity (Wildman–Crippen MR) is 258 cm³/mol. The standard InChI is InChI=1S/C16H13N3O4S.C14H9N3O4S.C10H7NO3.C6H8N2O2S/c1-2-22-15(21)13-9-17-16(24-13)18-14(20)11-8-12(23-19-11)10-6-4-3-5-7-10;18-12(16-14-15-7-11(22-14)13(19)20)9-6-10(21-17-9)8-4-2-1-3-5-8;12-10(13)8-6-9(14-11-8)7-4-2-1-3-5-7;1-2-10-5(9)4-3-8-6(7)11-4/h3-9H,2H2,1H3,(H,17,18,20);1-7H,(H,19,20)(H,15,16,18);1-6H,(H,12,13);3H,2H2,1H3,(H2,7,8). The minimum absolute atomic E-state index is 0.0421. The molecule has 9 rings (SSSR count). The lowest BCUT2D eigenvalue weighted by atomic mass is 10.1. The topological polar surface area (TPSA) is 328 Å². The zero-order chi connectivity index (χ0) is 50.7. The van der Waals surface area contributed by atoms with E-state index in [1.165, 1.54) is 30.7 Å². The number of thiazole rings is 3. The molecule has 6 aromatic heterocycles. The first-order chi connectivity index (χ1) is 34.3. The number of aromatic carboxylic acids is 2. The number of nitrogens with zero attached hydrogens (tertiary/aromatic N) is 6. The zero-order valence-corrected chi connectivity index (χ0v) is 39.4. The van der Waals surface area contributed by atoms with Gasteiger partial charge < -0.3 is 39.0 Å². The number of nitrogens with two attached hydrogens (primary N) is 1. The van der Waals surface area contributed by atoms with Crippen LogP contribution in [0.4, 0.5) is 15.4 Å². The van der Waals surface area contributed by atoms with E-state index in [0.717, 1.165) is 50.7 Å². The molecule has 3 aromatic carbocycles. The number of rotatable bonds is 13. The van der Waals surface area contributed by atoms with Crippen LogP contribution >= 0.6 is 34.0 Å². The first-order valence-corrected chi connectivity index (χ1v) is 22.9. The molecule has 71 heavy (non-hydrogen) atoms. The molecule has 22 nitrogen and oxygen atoms in total. The van der Waals surface area contributed by atoms with Crippen molar-refractivity contribution in [3.63, 3.8) is 0 Å². The average molecular weight is 1020 g/mol. The van der Waals surface area contributed by atoms with Gasteiger partial charge >= 0.3 is 23.9 Å². The van der Waals surface area contributed by atoms with Crippen LogP contribution in [0.15, 0.2) is 141 Å². The predicted octanol–water partition coefficient (Wildman–Crippen LogP) is 8.92. The van der Waals surface area contributed by atoms with E-state index in [0.29, 0.717) is 38.8 Å². The Bertz CT molecular complexity index is 3200. The fraction of sp³-hybridized carbons (Fsp3) is 0.0870. The molecule has 0 bridgehead atoms. The molecule has 2 amide bonds. The number of hydrogen-bond donors (Lipinski definition) is 5. The van der Waals surface area contributed by atoms with Crippen LogP contribution in [0.1, 0.15) is 74.3 Å². The number of nitrogen functional groups attached to an aromatic ring is 1. The summed E-state index contributed by atoms with van der Waals surface area (Å²) in [4.78, 5) is 80.3. The number of carboxylic acid groups (broad SMARTS) is 2. The van der Waals surface area contributed by atoms with Crippen molar-refractivity contribution in [2.75, 3.05) is 29.6 Å². The van der Waals surface area contributed by atoms with Crippen LogP contribution in [0.25, 0.3) is 34.0 Å². The van der Waals surface area contributed by atoms with Gasteiger partial charge in [0.15, 0.2) is 49.8 Å².